The number of ether oxygens (including phenoxy) is 2. The topological polar surface area (TPSA) is 18.5 Å². The van der Waals surface area contributed by atoms with Crippen molar-refractivity contribution >= 4 is 0 Å². The largest absolute Gasteiger partial charge is 0.494 e. The van der Waals surface area contributed by atoms with Crippen molar-refractivity contribution in [2.75, 3.05) is 13.2 Å². The van der Waals surface area contributed by atoms with E-state index in [1.54, 1.807) is 0 Å². The molecule has 7 rings (SSSR count). The molecule has 2 heteroatoms. The van der Waals surface area contributed by atoms with Crippen molar-refractivity contribution in [3.63, 3.8) is 0 Å². The molecule has 0 saturated heterocycles. The lowest BCUT2D eigenvalue weighted by atomic mass is 9.96. The van der Waals surface area contributed by atoms with E-state index in [2.05, 4.69) is 184 Å². The second-order valence-corrected chi connectivity index (χ2v) is 16.2. The summed E-state index contributed by atoms with van der Waals surface area (Å²) < 4.78 is 11.9. The lowest BCUT2D eigenvalue weighted by molar-refractivity contribution is 0.305. The minimum Gasteiger partial charge on any atom is -0.494 e. The molecule has 0 bridgehead atoms. The van der Waals surface area contributed by atoms with Crippen LogP contribution < -0.4 is 9.47 Å². The average Bonchev–Trinajstić information content (AvgIpc) is 3.31. The van der Waals surface area contributed by atoms with E-state index in [0.717, 1.165) is 63.2 Å². The maximum Gasteiger partial charge on any atom is 0.119 e. The predicted octanol–water partition coefficient (Wildman–Crippen LogP) is 15.8. The molecule has 306 valence electrons. The quantitative estimate of drug-likeness (QED) is 0.0637. The molecule has 0 aliphatic heterocycles. The molecule has 0 atom stereocenters. The highest BCUT2D eigenvalue weighted by Gasteiger charge is 2.06. The van der Waals surface area contributed by atoms with Crippen LogP contribution in [0.15, 0.2) is 170 Å². The Balaban J connectivity index is 0.847. The first kappa shape index (κ1) is 42.3. The van der Waals surface area contributed by atoms with Crippen LogP contribution in [0.4, 0.5) is 0 Å². The van der Waals surface area contributed by atoms with Gasteiger partial charge in [0, 0.05) is 0 Å². The predicted molar refractivity (Wildman–Crippen MR) is 255 cm³/mol. The summed E-state index contributed by atoms with van der Waals surface area (Å²) in [7, 11) is 0. The first-order valence-corrected chi connectivity index (χ1v) is 22.6. The van der Waals surface area contributed by atoms with Crippen LogP contribution in [0.25, 0.3) is 44.5 Å². The van der Waals surface area contributed by atoms with Gasteiger partial charge in [0.1, 0.15) is 11.5 Å². The van der Waals surface area contributed by atoms with Gasteiger partial charge in [-0.15, -0.1) is 0 Å². The molecule has 0 aromatic heterocycles. The first-order valence-electron chi connectivity index (χ1n) is 22.6. The molecule has 0 heterocycles. The van der Waals surface area contributed by atoms with Crippen molar-refractivity contribution in [3.8, 4) is 56.0 Å². The molecule has 7 aromatic rings. The zero-order valence-corrected chi connectivity index (χ0v) is 35.9. The van der Waals surface area contributed by atoms with Crippen LogP contribution in [-0.2, 0) is 25.7 Å². The maximum absolute atomic E-state index is 5.94. The molecule has 0 saturated carbocycles. The van der Waals surface area contributed by atoms with E-state index in [1.807, 2.05) is 0 Å². The number of rotatable bonds is 22. The molecular formula is C58H62O2. The van der Waals surface area contributed by atoms with Gasteiger partial charge in [0.2, 0.25) is 0 Å². The molecular weight excluding hydrogens is 729 g/mol. The third-order valence-electron chi connectivity index (χ3n) is 11.6. The molecule has 0 radical (unpaired) electrons. The molecule has 0 unspecified atom stereocenters. The molecule has 0 amide bonds. The Kier molecular flexibility index (Phi) is 15.8. The molecule has 0 spiro atoms. The number of aryl methyl sites for hydroxylation is 4. The van der Waals surface area contributed by atoms with Gasteiger partial charge in [-0.05, 0) is 130 Å². The van der Waals surface area contributed by atoms with Gasteiger partial charge >= 0.3 is 0 Å². The van der Waals surface area contributed by atoms with Gasteiger partial charge in [-0.25, -0.2) is 0 Å². The first-order chi connectivity index (χ1) is 29.6. The van der Waals surface area contributed by atoms with Gasteiger partial charge in [-0.1, -0.05) is 198 Å². The monoisotopic (exact) mass is 790 g/mol. The Bertz CT molecular complexity index is 2120. The minimum atomic E-state index is 0.794. The summed E-state index contributed by atoms with van der Waals surface area (Å²) >= 11 is 0. The molecule has 0 aliphatic rings. The Morgan fingerprint density at radius 1 is 0.283 bits per heavy atom. The standard InChI is InChI=1S/C58H62O2/c1-3-5-7-9-42-59-57-38-34-55(35-39-57)53-30-26-51(27-31-53)49-22-18-45(19-23-49)14-16-47-12-11-13-48(44-47)17-15-46-20-24-50(25-21-46)52-28-32-54(33-29-52)56-36-40-58(41-37-56)60-43-10-8-6-4-2/h11-13,18-41,44H,3-10,14-17,42-43H2,1-2H3. The highest BCUT2D eigenvalue weighted by Crippen LogP contribution is 2.29. The minimum absolute atomic E-state index is 0.794. The van der Waals surface area contributed by atoms with Crippen molar-refractivity contribution in [3.05, 3.63) is 192 Å². The van der Waals surface area contributed by atoms with E-state index >= 15 is 0 Å². The van der Waals surface area contributed by atoms with Crippen molar-refractivity contribution < 1.29 is 9.47 Å². The summed E-state index contributed by atoms with van der Waals surface area (Å²) in [5, 5.41) is 0. The molecule has 0 aliphatic carbocycles. The van der Waals surface area contributed by atoms with Crippen LogP contribution in [-0.4, -0.2) is 13.2 Å². The summed E-state index contributed by atoms with van der Waals surface area (Å²) in [6.45, 7) is 6.06. The molecule has 60 heavy (non-hydrogen) atoms. The smallest absolute Gasteiger partial charge is 0.119 e. The second kappa shape index (κ2) is 22.5. The van der Waals surface area contributed by atoms with Crippen LogP contribution in [0.1, 0.15) is 87.5 Å². The highest BCUT2D eigenvalue weighted by atomic mass is 16.5. The number of benzene rings is 7. The zero-order chi connectivity index (χ0) is 41.2. The molecule has 7 aromatic carbocycles. The van der Waals surface area contributed by atoms with E-state index in [0.29, 0.717) is 0 Å². The Hall–Kier alpha value is -5.86. The number of hydrogen-bond acceptors (Lipinski definition) is 2. The summed E-state index contributed by atoms with van der Waals surface area (Å²) in [6.07, 6.45) is 13.9. The fraction of sp³-hybridized carbons (Fsp3) is 0.276. The molecule has 2 nitrogen and oxygen atoms in total. The summed E-state index contributed by atoms with van der Waals surface area (Å²) in [5.41, 5.74) is 15.4. The van der Waals surface area contributed by atoms with Gasteiger partial charge in [0.25, 0.3) is 0 Å². The summed E-state index contributed by atoms with van der Waals surface area (Å²) in [6, 6.07) is 62.2. The Morgan fingerprint density at radius 3 is 0.883 bits per heavy atom. The van der Waals surface area contributed by atoms with Gasteiger partial charge in [-0.2, -0.15) is 0 Å². The van der Waals surface area contributed by atoms with Crippen LogP contribution in [0.2, 0.25) is 0 Å². The number of hydrogen-bond donors (Lipinski definition) is 0. The van der Waals surface area contributed by atoms with Crippen molar-refractivity contribution in [1.82, 2.24) is 0 Å². The van der Waals surface area contributed by atoms with Crippen LogP contribution in [0.3, 0.4) is 0 Å². The lowest BCUT2D eigenvalue weighted by Crippen LogP contribution is -1.96. The number of unbranched alkanes of at least 4 members (excludes halogenated alkanes) is 6. The maximum atomic E-state index is 5.94. The summed E-state index contributed by atoms with van der Waals surface area (Å²) in [5.74, 6) is 1.90. The Morgan fingerprint density at radius 2 is 0.567 bits per heavy atom. The van der Waals surface area contributed by atoms with Gasteiger partial charge < -0.3 is 9.47 Å². The lowest BCUT2D eigenvalue weighted by Gasteiger charge is -2.09. The van der Waals surface area contributed by atoms with E-state index in [4.69, 9.17) is 9.47 Å². The van der Waals surface area contributed by atoms with E-state index < -0.39 is 0 Å². The fourth-order valence-electron chi connectivity index (χ4n) is 7.88. The SMILES string of the molecule is CCCCCCOc1ccc(-c2ccc(-c3ccc(CCc4cccc(CCc5ccc(-c6ccc(-c7ccc(OCCCCCC)cc7)cc6)cc5)c4)cc3)cc2)cc1. The third kappa shape index (κ3) is 12.6. The van der Waals surface area contributed by atoms with Crippen molar-refractivity contribution in [1.29, 1.82) is 0 Å². The van der Waals surface area contributed by atoms with Crippen LogP contribution >= 0.6 is 0 Å². The average molecular weight is 791 g/mol. The van der Waals surface area contributed by atoms with E-state index in [-0.39, 0.29) is 0 Å². The highest BCUT2D eigenvalue weighted by molar-refractivity contribution is 5.72. The van der Waals surface area contributed by atoms with E-state index in [1.165, 1.54) is 105 Å². The van der Waals surface area contributed by atoms with E-state index in [9.17, 15) is 0 Å². The van der Waals surface area contributed by atoms with Gasteiger partial charge in [0.05, 0.1) is 13.2 Å². The van der Waals surface area contributed by atoms with Crippen LogP contribution in [0.5, 0.6) is 11.5 Å². The molecule has 0 N–H and O–H groups in total. The van der Waals surface area contributed by atoms with Gasteiger partial charge in [-0.3, -0.25) is 0 Å². The normalized spacial score (nSPS) is 11.1. The third-order valence-corrected chi connectivity index (χ3v) is 11.6. The van der Waals surface area contributed by atoms with Crippen LogP contribution in [0, 0.1) is 0 Å². The van der Waals surface area contributed by atoms with Crippen molar-refractivity contribution in [2.24, 2.45) is 0 Å². The second-order valence-electron chi connectivity index (χ2n) is 16.2. The zero-order valence-electron chi connectivity index (χ0n) is 35.9. The van der Waals surface area contributed by atoms with Crippen molar-refractivity contribution in [2.45, 2.75) is 90.9 Å². The fourth-order valence-corrected chi connectivity index (χ4v) is 7.88. The van der Waals surface area contributed by atoms with Gasteiger partial charge in [0.15, 0.2) is 0 Å². The Labute approximate surface area is 360 Å². The molecule has 0 fully saturated rings. The summed E-state index contributed by atoms with van der Waals surface area (Å²) in [4.78, 5) is 0.